The van der Waals surface area contributed by atoms with Crippen molar-refractivity contribution in [2.24, 2.45) is 5.73 Å². The summed E-state index contributed by atoms with van der Waals surface area (Å²) in [5.74, 6) is -0.159. The van der Waals surface area contributed by atoms with E-state index in [1.165, 1.54) is 12.1 Å². The van der Waals surface area contributed by atoms with Gasteiger partial charge in [-0.05, 0) is 63.8 Å². The lowest BCUT2D eigenvalue weighted by Crippen LogP contribution is -2.33. The molecule has 1 atom stereocenters. The molecule has 2 heterocycles. The minimum atomic E-state index is -4.65. The highest BCUT2D eigenvalue weighted by Gasteiger charge is 2.31. The van der Waals surface area contributed by atoms with E-state index in [0.29, 0.717) is 28.6 Å². The Morgan fingerprint density at radius 1 is 1.09 bits per heavy atom. The number of imidazole rings is 1. The van der Waals surface area contributed by atoms with Crippen LogP contribution in [0.3, 0.4) is 0 Å². The average Bonchev–Trinajstić information content (AvgIpc) is 3.19. The van der Waals surface area contributed by atoms with E-state index in [2.05, 4.69) is 20.6 Å². The van der Waals surface area contributed by atoms with Gasteiger partial charge < -0.3 is 35.6 Å². The molecule has 0 amide bonds. The second-order valence-corrected chi connectivity index (χ2v) is 13.6. The van der Waals surface area contributed by atoms with E-state index in [1.807, 2.05) is 18.4 Å². The number of nitrogens with two attached hydrogens (primary N) is 1. The molecule has 0 aliphatic heterocycles. The molecule has 4 rings (SSSR count). The first-order valence-corrected chi connectivity index (χ1v) is 15.1. The highest BCUT2D eigenvalue weighted by atomic mass is 31.2. The van der Waals surface area contributed by atoms with Gasteiger partial charge in [0.1, 0.15) is 5.90 Å². The highest BCUT2D eigenvalue weighted by Crippen LogP contribution is 2.53. The first kappa shape index (κ1) is 25.8. The maximum absolute atomic E-state index is 12.4. The average molecular weight is 523 g/mol. The lowest BCUT2D eigenvalue weighted by atomic mass is 9.92. The van der Waals surface area contributed by atoms with Crippen LogP contribution in [0.1, 0.15) is 45.6 Å². The molecule has 1 fully saturated rings. The molecule has 1 saturated carbocycles. The Hall–Kier alpha value is -2.33. The summed E-state index contributed by atoms with van der Waals surface area (Å²) in [4.78, 5) is 42.1. The number of anilines is 3. The number of rotatable bonds is 8. The zero-order valence-corrected chi connectivity index (χ0v) is 21.4. The van der Waals surface area contributed by atoms with Gasteiger partial charge in [-0.25, -0.2) is 4.98 Å². The van der Waals surface area contributed by atoms with E-state index < -0.39 is 20.9 Å². The van der Waals surface area contributed by atoms with E-state index in [9.17, 15) is 14.0 Å². The van der Waals surface area contributed by atoms with Gasteiger partial charge in [-0.1, -0.05) is 0 Å². The molecule has 1 aliphatic carbocycles. The molecular weight excluding hydrogens is 492 g/mol. The second-order valence-electron chi connectivity index (χ2n) is 9.25. The van der Waals surface area contributed by atoms with Crippen LogP contribution in [0.25, 0.3) is 11.2 Å². The van der Waals surface area contributed by atoms with Crippen molar-refractivity contribution in [3.8, 4) is 0 Å². The van der Waals surface area contributed by atoms with Crippen molar-refractivity contribution < 1.29 is 23.8 Å². The fourth-order valence-corrected chi connectivity index (χ4v) is 7.40. The fraction of sp³-hybridized carbons (Fsp3) is 0.476. The molecule has 14 heteroatoms. The van der Waals surface area contributed by atoms with E-state index in [-0.39, 0.29) is 23.4 Å². The molecular formula is C21H31N7O5P2. The molecule has 0 bridgehead atoms. The normalized spacial score (nSPS) is 20.7. The minimum absolute atomic E-state index is 0.0406. The van der Waals surface area contributed by atoms with Crippen LogP contribution in [0.5, 0.6) is 0 Å². The number of benzene rings is 1. The standard InChI is InChI=1S/C21H31N7O5P2/c1-13(2)28-11-23-18-19(26-21(27-20(18)28)25-16-5-3-14(22)4-6-16)24-15-7-9-17(10-8-15)34(29,30)12-35(31,32)33/h7-11,13-14,16H,3-6,12,22H2,1-2H3,(H,29,30)(H2,31,32,33)(H2,24,25,26,27). The quantitative estimate of drug-likeness (QED) is 0.238. The third-order valence-electron chi connectivity index (χ3n) is 5.99. The predicted octanol–water partition coefficient (Wildman–Crippen LogP) is 2.86. The molecule has 35 heavy (non-hydrogen) atoms. The lowest BCUT2D eigenvalue weighted by Gasteiger charge is -2.27. The molecule has 1 aliphatic rings. The topological polar surface area (TPSA) is 189 Å². The summed E-state index contributed by atoms with van der Waals surface area (Å²) in [6.07, 6.45) is 5.47. The molecule has 0 radical (unpaired) electrons. The summed E-state index contributed by atoms with van der Waals surface area (Å²) >= 11 is 0. The van der Waals surface area contributed by atoms with Gasteiger partial charge in [-0.2, -0.15) is 9.97 Å². The van der Waals surface area contributed by atoms with Crippen LogP contribution in [-0.2, 0) is 9.13 Å². The van der Waals surface area contributed by atoms with Gasteiger partial charge >= 0.3 is 7.60 Å². The molecule has 7 N–H and O–H groups in total. The van der Waals surface area contributed by atoms with E-state index in [0.717, 1.165) is 25.7 Å². The van der Waals surface area contributed by atoms with Crippen molar-refractivity contribution >= 4 is 48.9 Å². The Balaban J connectivity index is 1.62. The maximum Gasteiger partial charge on any atom is 0.335 e. The van der Waals surface area contributed by atoms with Gasteiger partial charge in [-0.3, -0.25) is 9.13 Å². The van der Waals surface area contributed by atoms with Gasteiger partial charge in [-0.15, -0.1) is 0 Å². The Morgan fingerprint density at radius 2 is 1.74 bits per heavy atom. The Bertz CT molecular complexity index is 1280. The van der Waals surface area contributed by atoms with Gasteiger partial charge in [0, 0.05) is 29.1 Å². The molecule has 190 valence electrons. The number of aromatic nitrogens is 4. The number of nitrogens with one attached hydrogen (secondary N) is 2. The Kier molecular flexibility index (Phi) is 7.33. The number of hydrogen-bond donors (Lipinski definition) is 6. The van der Waals surface area contributed by atoms with Crippen molar-refractivity contribution in [1.82, 2.24) is 19.5 Å². The van der Waals surface area contributed by atoms with Crippen molar-refractivity contribution in [3.05, 3.63) is 30.6 Å². The van der Waals surface area contributed by atoms with Crippen LogP contribution in [0.2, 0.25) is 0 Å². The van der Waals surface area contributed by atoms with E-state index >= 15 is 0 Å². The third kappa shape index (κ3) is 6.27. The van der Waals surface area contributed by atoms with Gasteiger partial charge in [0.25, 0.3) is 0 Å². The molecule has 1 aromatic carbocycles. The summed E-state index contributed by atoms with van der Waals surface area (Å²) in [7, 11) is -8.85. The summed E-state index contributed by atoms with van der Waals surface area (Å²) in [5, 5.41) is 6.58. The maximum atomic E-state index is 12.4. The van der Waals surface area contributed by atoms with Crippen molar-refractivity contribution in [1.29, 1.82) is 0 Å². The second kappa shape index (κ2) is 9.97. The third-order valence-corrected chi connectivity index (χ3v) is 10.1. The van der Waals surface area contributed by atoms with Crippen LogP contribution in [0, 0.1) is 0 Å². The first-order chi connectivity index (χ1) is 16.4. The number of nitrogens with zero attached hydrogens (tertiary/aromatic N) is 4. The van der Waals surface area contributed by atoms with Crippen molar-refractivity contribution in [2.75, 3.05) is 16.5 Å². The largest absolute Gasteiger partial charge is 0.351 e. The smallest absolute Gasteiger partial charge is 0.335 e. The number of fused-ring (bicyclic) bond motifs is 1. The van der Waals surface area contributed by atoms with Gasteiger partial charge in [0.15, 0.2) is 17.0 Å². The van der Waals surface area contributed by atoms with E-state index in [4.69, 9.17) is 20.5 Å². The summed E-state index contributed by atoms with van der Waals surface area (Å²) < 4.78 is 25.6. The molecule has 0 spiro atoms. The van der Waals surface area contributed by atoms with Crippen LogP contribution < -0.4 is 21.7 Å². The monoisotopic (exact) mass is 523 g/mol. The van der Waals surface area contributed by atoms with Crippen LogP contribution in [-0.4, -0.2) is 52.2 Å². The molecule has 12 nitrogen and oxygen atoms in total. The SMILES string of the molecule is CC(C)n1cnc2c(Nc3ccc(P(=O)(O)CP(=O)(O)O)cc3)nc(NC3CCC(N)CC3)nc21. The fourth-order valence-electron chi connectivity index (χ4n) is 4.14. The predicted molar refractivity (Wildman–Crippen MR) is 136 cm³/mol. The summed E-state index contributed by atoms with van der Waals surface area (Å²) in [6.45, 7) is 4.07. The van der Waals surface area contributed by atoms with Crippen LogP contribution >= 0.6 is 15.0 Å². The molecule has 0 saturated heterocycles. The van der Waals surface area contributed by atoms with Crippen LogP contribution in [0.15, 0.2) is 30.6 Å². The Labute approximate surface area is 203 Å². The lowest BCUT2D eigenvalue weighted by molar-refractivity contribution is 0.376. The highest BCUT2D eigenvalue weighted by molar-refractivity contribution is 7.77. The molecule has 3 aromatic rings. The zero-order valence-electron chi connectivity index (χ0n) is 19.6. The number of hydrogen-bond acceptors (Lipinski definition) is 8. The van der Waals surface area contributed by atoms with Crippen molar-refractivity contribution in [2.45, 2.75) is 57.7 Å². The first-order valence-electron chi connectivity index (χ1n) is 11.4. The van der Waals surface area contributed by atoms with Gasteiger partial charge in [0.2, 0.25) is 13.3 Å². The minimum Gasteiger partial charge on any atom is -0.351 e. The zero-order chi connectivity index (χ0) is 25.4. The van der Waals surface area contributed by atoms with Gasteiger partial charge in [0.05, 0.1) is 6.33 Å². The summed E-state index contributed by atoms with van der Waals surface area (Å²) in [6, 6.07) is 6.44. The molecule has 2 aromatic heterocycles. The molecule has 1 unspecified atom stereocenters. The summed E-state index contributed by atoms with van der Waals surface area (Å²) in [5.41, 5.74) is 7.85. The van der Waals surface area contributed by atoms with Crippen molar-refractivity contribution in [3.63, 3.8) is 0 Å². The van der Waals surface area contributed by atoms with Crippen LogP contribution in [0.4, 0.5) is 17.5 Å². The Morgan fingerprint density at radius 3 is 2.34 bits per heavy atom. The van der Waals surface area contributed by atoms with E-state index in [1.54, 1.807) is 18.5 Å².